The van der Waals surface area contributed by atoms with Crippen molar-refractivity contribution in [3.63, 3.8) is 0 Å². The SMILES string of the molecule is CC(C)CCCCNCc1ncccc1C(=O)O. The van der Waals surface area contributed by atoms with Crippen molar-refractivity contribution in [2.24, 2.45) is 5.92 Å². The highest BCUT2D eigenvalue weighted by molar-refractivity contribution is 5.88. The van der Waals surface area contributed by atoms with E-state index < -0.39 is 5.97 Å². The molecule has 0 amide bonds. The molecule has 0 saturated heterocycles. The lowest BCUT2D eigenvalue weighted by molar-refractivity contribution is 0.0695. The zero-order valence-corrected chi connectivity index (χ0v) is 11.1. The topological polar surface area (TPSA) is 62.2 Å². The molecule has 1 aromatic heterocycles. The average Bonchev–Trinajstić information content (AvgIpc) is 2.33. The number of pyridine rings is 1. The summed E-state index contributed by atoms with van der Waals surface area (Å²) in [5, 5.41) is 12.2. The summed E-state index contributed by atoms with van der Waals surface area (Å²) in [7, 11) is 0. The van der Waals surface area contributed by atoms with E-state index in [1.807, 2.05) is 0 Å². The second-order valence-corrected chi connectivity index (χ2v) is 4.87. The Morgan fingerprint density at radius 1 is 1.44 bits per heavy atom. The monoisotopic (exact) mass is 250 g/mol. The maximum absolute atomic E-state index is 11.0. The van der Waals surface area contributed by atoms with Gasteiger partial charge in [-0.1, -0.05) is 26.7 Å². The standard InChI is InChI=1S/C14H22N2O2/c1-11(2)6-3-4-8-15-10-13-12(14(17)18)7-5-9-16-13/h5,7,9,11,15H,3-4,6,8,10H2,1-2H3,(H,17,18). The number of nitrogens with zero attached hydrogens (tertiary/aromatic N) is 1. The van der Waals surface area contributed by atoms with Gasteiger partial charge >= 0.3 is 5.97 Å². The van der Waals surface area contributed by atoms with Crippen molar-refractivity contribution in [2.75, 3.05) is 6.54 Å². The van der Waals surface area contributed by atoms with Crippen LogP contribution in [0.4, 0.5) is 0 Å². The zero-order chi connectivity index (χ0) is 13.4. The summed E-state index contributed by atoms with van der Waals surface area (Å²) in [6.07, 6.45) is 5.19. The molecule has 18 heavy (non-hydrogen) atoms. The van der Waals surface area contributed by atoms with Crippen LogP contribution in [0.5, 0.6) is 0 Å². The molecule has 0 spiro atoms. The Balaban J connectivity index is 2.29. The van der Waals surface area contributed by atoms with Gasteiger partial charge in [-0.3, -0.25) is 4.98 Å². The number of hydrogen-bond acceptors (Lipinski definition) is 3. The van der Waals surface area contributed by atoms with Gasteiger partial charge in [0.2, 0.25) is 0 Å². The van der Waals surface area contributed by atoms with Crippen LogP contribution >= 0.6 is 0 Å². The fourth-order valence-corrected chi connectivity index (χ4v) is 1.78. The van der Waals surface area contributed by atoms with Crippen LogP contribution < -0.4 is 5.32 Å². The van der Waals surface area contributed by atoms with Gasteiger partial charge in [-0.2, -0.15) is 0 Å². The quantitative estimate of drug-likeness (QED) is 0.696. The van der Waals surface area contributed by atoms with E-state index in [-0.39, 0.29) is 5.56 Å². The van der Waals surface area contributed by atoms with Crippen molar-refractivity contribution in [3.8, 4) is 0 Å². The predicted octanol–water partition coefficient (Wildman–Crippen LogP) is 2.70. The van der Waals surface area contributed by atoms with Crippen LogP contribution in [0.3, 0.4) is 0 Å². The van der Waals surface area contributed by atoms with E-state index in [4.69, 9.17) is 5.11 Å². The van der Waals surface area contributed by atoms with Gasteiger partial charge in [-0.15, -0.1) is 0 Å². The van der Waals surface area contributed by atoms with Crippen molar-refractivity contribution in [2.45, 2.75) is 39.7 Å². The predicted molar refractivity (Wildman–Crippen MR) is 71.6 cm³/mol. The minimum Gasteiger partial charge on any atom is -0.478 e. The van der Waals surface area contributed by atoms with E-state index >= 15 is 0 Å². The molecule has 1 rings (SSSR count). The molecule has 0 fully saturated rings. The fraction of sp³-hybridized carbons (Fsp3) is 0.571. The number of unbranched alkanes of at least 4 members (excludes halogenated alkanes) is 1. The molecule has 0 bridgehead atoms. The summed E-state index contributed by atoms with van der Waals surface area (Å²) in [6.45, 7) is 5.87. The van der Waals surface area contributed by atoms with Gasteiger partial charge < -0.3 is 10.4 Å². The normalized spacial score (nSPS) is 10.8. The molecule has 100 valence electrons. The highest BCUT2D eigenvalue weighted by Crippen LogP contribution is 2.07. The number of carboxylic acids is 1. The highest BCUT2D eigenvalue weighted by Gasteiger charge is 2.09. The molecule has 0 unspecified atom stereocenters. The maximum Gasteiger partial charge on any atom is 0.337 e. The molecule has 0 atom stereocenters. The third-order valence-electron chi connectivity index (χ3n) is 2.80. The first-order valence-electron chi connectivity index (χ1n) is 6.49. The van der Waals surface area contributed by atoms with Gasteiger partial charge in [0, 0.05) is 12.7 Å². The summed E-state index contributed by atoms with van der Waals surface area (Å²) >= 11 is 0. The molecule has 0 aliphatic heterocycles. The van der Waals surface area contributed by atoms with Crippen LogP contribution in [0, 0.1) is 5.92 Å². The summed E-state index contributed by atoms with van der Waals surface area (Å²) < 4.78 is 0. The Morgan fingerprint density at radius 2 is 2.22 bits per heavy atom. The number of hydrogen-bond donors (Lipinski definition) is 2. The number of nitrogens with one attached hydrogen (secondary N) is 1. The molecule has 0 aromatic carbocycles. The largest absolute Gasteiger partial charge is 0.478 e. The summed E-state index contributed by atoms with van der Waals surface area (Å²) in [4.78, 5) is 15.1. The molecule has 1 heterocycles. The smallest absolute Gasteiger partial charge is 0.337 e. The second-order valence-electron chi connectivity index (χ2n) is 4.87. The first kappa shape index (κ1) is 14.6. The minimum absolute atomic E-state index is 0.284. The van der Waals surface area contributed by atoms with Gasteiger partial charge in [0.25, 0.3) is 0 Å². The number of carboxylic acid groups (broad SMARTS) is 1. The van der Waals surface area contributed by atoms with Gasteiger partial charge in [-0.05, 0) is 31.0 Å². The summed E-state index contributed by atoms with van der Waals surface area (Å²) in [5.74, 6) is -0.167. The Morgan fingerprint density at radius 3 is 2.89 bits per heavy atom. The van der Waals surface area contributed by atoms with E-state index in [1.165, 1.54) is 12.8 Å². The Labute approximate surface area is 108 Å². The summed E-state index contributed by atoms with van der Waals surface area (Å²) in [6, 6.07) is 3.24. The Hall–Kier alpha value is -1.42. The third kappa shape index (κ3) is 5.27. The molecule has 1 aromatic rings. The van der Waals surface area contributed by atoms with E-state index in [9.17, 15) is 4.79 Å². The number of rotatable bonds is 8. The lowest BCUT2D eigenvalue weighted by Gasteiger charge is -2.07. The Bertz CT molecular complexity index is 378. The molecule has 4 heteroatoms. The number of aromatic nitrogens is 1. The molecule has 0 aliphatic carbocycles. The molecule has 2 N–H and O–H groups in total. The van der Waals surface area contributed by atoms with Gasteiger partial charge in [-0.25, -0.2) is 4.79 Å². The maximum atomic E-state index is 11.0. The number of aromatic carboxylic acids is 1. The van der Waals surface area contributed by atoms with Gasteiger partial charge in [0.1, 0.15) is 0 Å². The van der Waals surface area contributed by atoms with E-state index in [2.05, 4.69) is 24.1 Å². The summed E-state index contributed by atoms with van der Waals surface area (Å²) in [5.41, 5.74) is 0.890. The van der Waals surface area contributed by atoms with Crippen LogP contribution in [-0.4, -0.2) is 22.6 Å². The fourth-order valence-electron chi connectivity index (χ4n) is 1.78. The molecule has 0 radical (unpaired) electrons. The van der Waals surface area contributed by atoms with Crippen LogP contribution in [-0.2, 0) is 6.54 Å². The van der Waals surface area contributed by atoms with Crippen LogP contribution in [0.15, 0.2) is 18.3 Å². The molecular formula is C14H22N2O2. The molecule has 4 nitrogen and oxygen atoms in total. The molecule has 0 aliphatic rings. The van der Waals surface area contributed by atoms with Crippen molar-refractivity contribution in [1.82, 2.24) is 10.3 Å². The lowest BCUT2D eigenvalue weighted by atomic mass is 10.1. The lowest BCUT2D eigenvalue weighted by Crippen LogP contribution is -2.18. The highest BCUT2D eigenvalue weighted by atomic mass is 16.4. The second kappa shape index (κ2) is 7.82. The Kier molecular flexibility index (Phi) is 6.36. The van der Waals surface area contributed by atoms with Crippen molar-refractivity contribution < 1.29 is 9.90 Å². The molecule has 0 saturated carbocycles. The van der Waals surface area contributed by atoms with E-state index in [0.717, 1.165) is 18.9 Å². The minimum atomic E-state index is -0.917. The average molecular weight is 250 g/mol. The van der Waals surface area contributed by atoms with Crippen molar-refractivity contribution >= 4 is 5.97 Å². The van der Waals surface area contributed by atoms with Crippen LogP contribution in [0.2, 0.25) is 0 Å². The first-order chi connectivity index (χ1) is 8.61. The van der Waals surface area contributed by atoms with Gasteiger partial charge in [0.15, 0.2) is 0 Å². The third-order valence-corrected chi connectivity index (χ3v) is 2.80. The van der Waals surface area contributed by atoms with Crippen molar-refractivity contribution in [1.29, 1.82) is 0 Å². The zero-order valence-electron chi connectivity index (χ0n) is 11.1. The van der Waals surface area contributed by atoms with E-state index in [1.54, 1.807) is 18.3 Å². The van der Waals surface area contributed by atoms with Crippen molar-refractivity contribution in [3.05, 3.63) is 29.6 Å². The van der Waals surface area contributed by atoms with Crippen LogP contribution in [0.25, 0.3) is 0 Å². The molecular weight excluding hydrogens is 228 g/mol. The van der Waals surface area contributed by atoms with Gasteiger partial charge in [0.05, 0.1) is 11.3 Å². The van der Waals surface area contributed by atoms with E-state index in [0.29, 0.717) is 12.2 Å². The number of carbonyl (C=O) groups is 1. The van der Waals surface area contributed by atoms with Crippen LogP contribution in [0.1, 0.15) is 49.2 Å². The first-order valence-corrected chi connectivity index (χ1v) is 6.49.